The largest absolute Gasteiger partial charge is 0.312 e. The zero-order chi connectivity index (χ0) is 15.0. The topological polar surface area (TPSA) is 12.0 Å². The summed E-state index contributed by atoms with van der Waals surface area (Å²) in [6.45, 7) is 11.8. The van der Waals surface area contributed by atoms with Crippen molar-refractivity contribution in [1.82, 2.24) is 5.32 Å². The predicted octanol–water partition coefficient (Wildman–Crippen LogP) is 5.52. The molecule has 0 aromatic carbocycles. The molecule has 1 saturated carbocycles. The summed E-state index contributed by atoms with van der Waals surface area (Å²) in [5.41, 5.74) is 0.723. The molecular formula is C18H31NS. The van der Waals surface area contributed by atoms with Crippen LogP contribution in [0, 0.1) is 11.3 Å². The number of hydrogen-bond acceptors (Lipinski definition) is 2. The summed E-state index contributed by atoms with van der Waals surface area (Å²) < 4.78 is 0. The van der Waals surface area contributed by atoms with E-state index < -0.39 is 0 Å². The molecule has 1 aromatic heterocycles. The molecule has 2 unspecified atom stereocenters. The first-order valence-corrected chi connectivity index (χ1v) is 8.85. The fourth-order valence-electron chi connectivity index (χ4n) is 3.60. The Morgan fingerprint density at radius 2 is 1.95 bits per heavy atom. The van der Waals surface area contributed by atoms with E-state index in [0.717, 1.165) is 5.92 Å². The summed E-state index contributed by atoms with van der Waals surface area (Å²) in [5.74, 6) is 0.757. The van der Waals surface area contributed by atoms with Gasteiger partial charge in [-0.3, -0.25) is 0 Å². The van der Waals surface area contributed by atoms with Gasteiger partial charge in [-0.1, -0.05) is 47.5 Å². The molecule has 1 aliphatic rings. The van der Waals surface area contributed by atoms with E-state index in [9.17, 15) is 0 Å². The van der Waals surface area contributed by atoms with E-state index in [1.54, 1.807) is 0 Å². The van der Waals surface area contributed by atoms with E-state index >= 15 is 0 Å². The van der Waals surface area contributed by atoms with Crippen LogP contribution in [0.4, 0.5) is 0 Å². The lowest BCUT2D eigenvalue weighted by Gasteiger charge is -2.43. The number of rotatable bonds is 3. The van der Waals surface area contributed by atoms with E-state index in [2.05, 4.69) is 59.1 Å². The van der Waals surface area contributed by atoms with Crippen LogP contribution in [0.3, 0.4) is 0 Å². The number of thiophene rings is 1. The van der Waals surface area contributed by atoms with Gasteiger partial charge in [0.25, 0.3) is 0 Å². The molecule has 20 heavy (non-hydrogen) atoms. The van der Waals surface area contributed by atoms with E-state index in [-0.39, 0.29) is 5.41 Å². The van der Waals surface area contributed by atoms with Crippen molar-refractivity contribution in [3.63, 3.8) is 0 Å². The van der Waals surface area contributed by atoms with Gasteiger partial charge in [-0.2, -0.15) is 0 Å². The van der Waals surface area contributed by atoms with Gasteiger partial charge < -0.3 is 5.32 Å². The van der Waals surface area contributed by atoms with Crippen LogP contribution in [0.1, 0.15) is 76.1 Å². The third-order valence-electron chi connectivity index (χ3n) is 4.98. The van der Waals surface area contributed by atoms with Gasteiger partial charge in [0.05, 0.1) is 0 Å². The van der Waals surface area contributed by atoms with Crippen LogP contribution in [0.2, 0.25) is 0 Å². The lowest BCUT2D eigenvalue weighted by Crippen LogP contribution is -2.37. The highest BCUT2D eigenvalue weighted by atomic mass is 32.1. The molecule has 2 heteroatoms. The molecular weight excluding hydrogens is 262 g/mol. The van der Waals surface area contributed by atoms with E-state index in [4.69, 9.17) is 0 Å². The Labute approximate surface area is 129 Å². The molecule has 0 radical (unpaired) electrons. The molecule has 0 saturated heterocycles. The van der Waals surface area contributed by atoms with Crippen LogP contribution < -0.4 is 5.32 Å². The molecule has 0 spiro atoms. The number of nitrogens with one attached hydrogen (secondary N) is 1. The second-order valence-electron chi connectivity index (χ2n) is 8.06. The van der Waals surface area contributed by atoms with Crippen LogP contribution in [0.25, 0.3) is 0 Å². The summed E-state index contributed by atoms with van der Waals surface area (Å²) in [4.78, 5) is 3.03. The van der Waals surface area contributed by atoms with Crippen molar-refractivity contribution in [2.75, 3.05) is 7.05 Å². The van der Waals surface area contributed by atoms with Crippen LogP contribution in [0.5, 0.6) is 0 Å². The first-order chi connectivity index (χ1) is 9.25. The van der Waals surface area contributed by atoms with Crippen molar-refractivity contribution in [2.45, 2.75) is 71.8 Å². The van der Waals surface area contributed by atoms with Crippen LogP contribution in [-0.4, -0.2) is 7.05 Å². The summed E-state index contributed by atoms with van der Waals surface area (Å²) in [6, 6.07) is 5.21. The fourth-order valence-corrected chi connectivity index (χ4v) is 4.85. The van der Waals surface area contributed by atoms with Gasteiger partial charge in [0.15, 0.2) is 0 Å². The average Bonchev–Trinajstić information content (AvgIpc) is 2.81. The minimum Gasteiger partial charge on any atom is -0.312 e. The quantitative estimate of drug-likeness (QED) is 0.773. The van der Waals surface area contributed by atoms with Crippen molar-refractivity contribution >= 4 is 11.3 Å². The van der Waals surface area contributed by atoms with Gasteiger partial charge in [-0.05, 0) is 48.8 Å². The van der Waals surface area contributed by atoms with Gasteiger partial charge in [0, 0.05) is 15.8 Å². The zero-order valence-electron chi connectivity index (χ0n) is 14.0. The molecule has 1 nitrogen and oxygen atoms in total. The lowest BCUT2D eigenvalue weighted by atomic mass is 9.65. The van der Waals surface area contributed by atoms with Gasteiger partial charge in [-0.15, -0.1) is 11.3 Å². The maximum absolute atomic E-state index is 3.62. The monoisotopic (exact) mass is 293 g/mol. The molecule has 0 aliphatic heterocycles. The fraction of sp³-hybridized carbons (Fsp3) is 0.778. The molecule has 2 atom stereocenters. The lowest BCUT2D eigenvalue weighted by molar-refractivity contribution is 0.102. The van der Waals surface area contributed by atoms with Gasteiger partial charge in [-0.25, -0.2) is 0 Å². The summed E-state index contributed by atoms with van der Waals surface area (Å²) in [6.07, 6.45) is 5.52. The Balaban J connectivity index is 2.26. The van der Waals surface area contributed by atoms with Crippen molar-refractivity contribution in [3.8, 4) is 0 Å². The second-order valence-corrected chi connectivity index (χ2v) is 9.17. The van der Waals surface area contributed by atoms with E-state index in [1.807, 2.05) is 11.3 Å². The van der Waals surface area contributed by atoms with Crippen molar-refractivity contribution in [1.29, 1.82) is 0 Å². The average molecular weight is 294 g/mol. The molecule has 0 bridgehead atoms. The zero-order valence-corrected chi connectivity index (χ0v) is 14.9. The third-order valence-corrected chi connectivity index (χ3v) is 6.57. The normalized spacial score (nSPS) is 24.6. The smallest absolute Gasteiger partial charge is 0.0446 e. The third kappa shape index (κ3) is 3.28. The van der Waals surface area contributed by atoms with Crippen molar-refractivity contribution in [3.05, 3.63) is 21.9 Å². The van der Waals surface area contributed by atoms with Crippen LogP contribution >= 0.6 is 11.3 Å². The Bertz CT molecular complexity index is 439. The van der Waals surface area contributed by atoms with Crippen LogP contribution in [0.15, 0.2) is 12.1 Å². The SMILES string of the molecule is CNC(c1ccc(C(C)(C)C)s1)C1CCCCC1(C)C. The molecule has 1 N–H and O–H groups in total. The number of hydrogen-bond donors (Lipinski definition) is 1. The van der Waals surface area contributed by atoms with E-state index in [1.165, 1.54) is 35.4 Å². The van der Waals surface area contributed by atoms with Gasteiger partial charge in [0.1, 0.15) is 0 Å². The Kier molecular flexibility index (Phi) is 4.66. The first kappa shape index (κ1) is 16.0. The summed E-state index contributed by atoms with van der Waals surface area (Å²) in [5, 5.41) is 3.62. The van der Waals surface area contributed by atoms with Crippen molar-refractivity contribution < 1.29 is 0 Å². The highest BCUT2D eigenvalue weighted by Crippen LogP contribution is 2.48. The van der Waals surface area contributed by atoms with Crippen molar-refractivity contribution in [2.24, 2.45) is 11.3 Å². The second kappa shape index (κ2) is 5.81. The maximum atomic E-state index is 3.62. The molecule has 114 valence electrons. The minimum absolute atomic E-state index is 0.267. The van der Waals surface area contributed by atoms with Gasteiger partial charge in [0.2, 0.25) is 0 Å². The molecule has 1 heterocycles. The predicted molar refractivity (Wildman–Crippen MR) is 90.6 cm³/mol. The summed E-state index contributed by atoms with van der Waals surface area (Å²) in [7, 11) is 2.13. The van der Waals surface area contributed by atoms with Gasteiger partial charge >= 0.3 is 0 Å². The maximum Gasteiger partial charge on any atom is 0.0446 e. The Morgan fingerprint density at radius 3 is 2.45 bits per heavy atom. The Hall–Kier alpha value is -0.340. The first-order valence-electron chi connectivity index (χ1n) is 8.03. The molecule has 0 amide bonds. The van der Waals surface area contributed by atoms with Crippen LogP contribution in [-0.2, 0) is 5.41 Å². The molecule has 1 aromatic rings. The minimum atomic E-state index is 0.267. The van der Waals surface area contributed by atoms with E-state index in [0.29, 0.717) is 11.5 Å². The highest BCUT2D eigenvalue weighted by molar-refractivity contribution is 7.12. The standard InChI is InChI=1S/C18H31NS/c1-17(2,3)15-11-10-14(20-15)16(19-6)13-9-7-8-12-18(13,4)5/h10-11,13,16,19H,7-9,12H2,1-6H3. The Morgan fingerprint density at radius 1 is 1.25 bits per heavy atom. The highest BCUT2D eigenvalue weighted by Gasteiger charge is 2.38. The summed E-state index contributed by atoms with van der Waals surface area (Å²) >= 11 is 2.00. The molecule has 1 aliphatic carbocycles. The molecule has 1 fully saturated rings. The molecule has 2 rings (SSSR count).